The van der Waals surface area contributed by atoms with Gasteiger partial charge in [-0.05, 0) is 67.5 Å². The van der Waals surface area contributed by atoms with Gasteiger partial charge in [0.2, 0.25) is 11.8 Å². The number of fused-ring (bicyclic) bond motifs is 5. The first kappa shape index (κ1) is 15.9. The molecular weight excluding hydrogens is 350 g/mol. The Kier molecular flexibility index (Phi) is 3.57. The molecule has 0 N–H and O–H groups in total. The van der Waals surface area contributed by atoms with Gasteiger partial charge in [-0.2, -0.15) is 0 Å². The SMILES string of the molecule is O=C1[C@@H]2[C@H]3CC[C@@H](C3)[C@@H]2C(=O)N1c1ccc(Oc2ccccc2Cl)cc1. The van der Waals surface area contributed by atoms with Gasteiger partial charge < -0.3 is 4.74 Å². The number of carbonyl (C=O) groups is 2. The number of nitrogens with zero attached hydrogens (tertiary/aromatic N) is 1. The van der Waals surface area contributed by atoms with Crippen LogP contribution in [0.25, 0.3) is 0 Å². The normalized spacial score (nSPS) is 29.3. The molecule has 4 nitrogen and oxygen atoms in total. The smallest absolute Gasteiger partial charge is 0.237 e. The maximum atomic E-state index is 12.9. The molecule has 1 aliphatic heterocycles. The van der Waals surface area contributed by atoms with Crippen LogP contribution in [0.15, 0.2) is 48.5 Å². The van der Waals surface area contributed by atoms with Crippen LogP contribution in [0, 0.1) is 23.7 Å². The second-order valence-corrected chi connectivity index (χ2v) is 7.83. The molecule has 4 atom stereocenters. The van der Waals surface area contributed by atoms with Crippen molar-refractivity contribution in [3.05, 3.63) is 53.6 Å². The highest BCUT2D eigenvalue weighted by Gasteiger charge is 2.61. The molecule has 2 aromatic carbocycles. The van der Waals surface area contributed by atoms with Crippen LogP contribution in [0.4, 0.5) is 5.69 Å². The summed E-state index contributed by atoms with van der Waals surface area (Å²) in [6, 6.07) is 14.3. The van der Waals surface area contributed by atoms with E-state index >= 15 is 0 Å². The van der Waals surface area contributed by atoms with Crippen LogP contribution in [0.1, 0.15) is 19.3 Å². The van der Waals surface area contributed by atoms with Crippen molar-refractivity contribution in [2.45, 2.75) is 19.3 Å². The number of halogens is 1. The molecule has 1 heterocycles. The molecule has 0 radical (unpaired) electrons. The van der Waals surface area contributed by atoms with E-state index in [4.69, 9.17) is 16.3 Å². The van der Waals surface area contributed by atoms with E-state index in [1.54, 1.807) is 36.4 Å². The molecule has 0 aromatic heterocycles. The molecule has 2 saturated carbocycles. The lowest BCUT2D eigenvalue weighted by molar-refractivity contribution is -0.123. The summed E-state index contributed by atoms with van der Waals surface area (Å²) >= 11 is 6.11. The van der Waals surface area contributed by atoms with Crippen LogP contribution in [-0.2, 0) is 9.59 Å². The second-order valence-electron chi connectivity index (χ2n) is 7.42. The zero-order valence-electron chi connectivity index (χ0n) is 14.1. The van der Waals surface area contributed by atoms with Crippen molar-refractivity contribution in [2.75, 3.05) is 4.90 Å². The van der Waals surface area contributed by atoms with Gasteiger partial charge in [0, 0.05) is 0 Å². The van der Waals surface area contributed by atoms with Crippen molar-refractivity contribution in [1.29, 1.82) is 0 Å². The third-order valence-corrected chi connectivity index (χ3v) is 6.40. The van der Waals surface area contributed by atoms with Crippen LogP contribution in [0.5, 0.6) is 11.5 Å². The molecule has 132 valence electrons. The van der Waals surface area contributed by atoms with E-state index in [9.17, 15) is 9.59 Å². The number of amides is 2. The summed E-state index contributed by atoms with van der Waals surface area (Å²) in [6.45, 7) is 0. The summed E-state index contributed by atoms with van der Waals surface area (Å²) < 4.78 is 5.78. The fraction of sp³-hybridized carbons (Fsp3) is 0.333. The fourth-order valence-electron chi connectivity index (χ4n) is 4.98. The maximum absolute atomic E-state index is 12.9. The molecule has 5 rings (SSSR count). The predicted octanol–water partition coefficient (Wildman–Crippen LogP) is 4.67. The van der Waals surface area contributed by atoms with Gasteiger partial charge in [-0.25, -0.2) is 0 Å². The third-order valence-electron chi connectivity index (χ3n) is 6.09. The van der Waals surface area contributed by atoms with Gasteiger partial charge in [-0.15, -0.1) is 0 Å². The van der Waals surface area contributed by atoms with Gasteiger partial charge in [0.15, 0.2) is 0 Å². The lowest BCUT2D eigenvalue weighted by Gasteiger charge is -2.19. The lowest BCUT2D eigenvalue weighted by atomic mass is 9.81. The Bertz CT molecular complexity index is 866. The molecule has 2 amide bonds. The number of rotatable bonds is 3. The van der Waals surface area contributed by atoms with E-state index in [1.165, 1.54) is 4.90 Å². The number of anilines is 1. The minimum atomic E-state index is -0.0969. The fourth-order valence-corrected chi connectivity index (χ4v) is 5.16. The monoisotopic (exact) mass is 367 g/mol. The zero-order valence-corrected chi connectivity index (χ0v) is 14.9. The molecule has 3 aliphatic rings. The van der Waals surface area contributed by atoms with E-state index in [0.717, 1.165) is 19.3 Å². The molecule has 26 heavy (non-hydrogen) atoms. The van der Waals surface area contributed by atoms with Crippen LogP contribution in [0.3, 0.4) is 0 Å². The Balaban J connectivity index is 1.39. The number of hydrogen-bond acceptors (Lipinski definition) is 3. The van der Waals surface area contributed by atoms with Gasteiger partial charge in [-0.1, -0.05) is 23.7 Å². The summed E-state index contributed by atoms with van der Waals surface area (Å²) in [7, 11) is 0. The highest BCUT2D eigenvalue weighted by atomic mass is 35.5. The zero-order chi connectivity index (χ0) is 17.8. The van der Waals surface area contributed by atoms with Gasteiger partial charge in [0.05, 0.1) is 22.5 Å². The van der Waals surface area contributed by atoms with E-state index in [0.29, 0.717) is 34.0 Å². The molecule has 2 aliphatic carbocycles. The van der Waals surface area contributed by atoms with Crippen LogP contribution < -0.4 is 9.64 Å². The maximum Gasteiger partial charge on any atom is 0.237 e. The first-order valence-electron chi connectivity index (χ1n) is 9.04. The van der Waals surface area contributed by atoms with Crippen molar-refractivity contribution in [3.63, 3.8) is 0 Å². The first-order valence-corrected chi connectivity index (χ1v) is 9.41. The van der Waals surface area contributed by atoms with E-state index in [-0.39, 0.29) is 23.7 Å². The van der Waals surface area contributed by atoms with Crippen molar-refractivity contribution in [3.8, 4) is 11.5 Å². The molecule has 1 saturated heterocycles. The quantitative estimate of drug-likeness (QED) is 0.741. The number of para-hydroxylation sites is 1. The Morgan fingerprint density at radius 3 is 2.12 bits per heavy atom. The van der Waals surface area contributed by atoms with Gasteiger partial charge in [0.1, 0.15) is 11.5 Å². The predicted molar refractivity (Wildman–Crippen MR) is 98.3 cm³/mol. The Labute approximate surface area is 156 Å². The molecule has 2 bridgehead atoms. The molecule has 5 heteroatoms. The first-order chi connectivity index (χ1) is 12.6. The summed E-state index contributed by atoms with van der Waals surface area (Å²) in [6.07, 6.45) is 3.22. The van der Waals surface area contributed by atoms with E-state index in [2.05, 4.69) is 0 Å². The van der Waals surface area contributed by atoms with Gasteiger partial charge in [-0.3, -0.25) is 14.5 Å². The molecule has 2 aromatic rings. The highest BCUT2D eigenvalue weighted by Crippen LogP contribution is 2.56. The van der Waals surface area contributed by atoms with Crippen LogP contribution in [-0.4, -0.2) is 11.8 Å². The topological polar surface area (TPSA) is 46.6 Å². The Hall–Kier alpha value is -2.33. The minimum absolute atomic E-state index is 0.0213. The van der Waals surface area contributed by atoms with Crippen LogP contribution in [0.2, 0.25) is 5.02 Å². The summed E-state index contributed by atoms with van der Waals surface area (Å²) in [5.41, 5.74) is 0.625. The summed E-state index contributed by atoms with van der Waals surface area (Å²) in [4.78, 5) is 27.1. The second kappa shape index (κ2) is 5.85. The van der Waals surface area contributed by atoms with E-state index in [1.807, 2.05) is 12.1 Å². The number of carbonyl (C=O) groups excluding carboxylic acids is 2. The van der Waals surface area contributed by atoms with Crippen molar-refractivity contribution in [2.24, 2.45) is 23.7 Å². The number of benzene rings is 2. The average Bonchev–Trinajstić information content (AvgIpc) is 3.32. The number of imide groups is 1. The van der Waals surface area contributed by atoms with Crippen LogP contribution >= 0.6 is 11.6 Å². The minimum Gasteiger partial charge on any atom is -0.456 e. The standard InChI is InChI=1S/C21H18ClNO3/c22-16-3-1-2-4-17(16)26-15-9-7-14(8-10-15)23-20(24)18-12-5-6-13(11-12)19(18)21(23)25/h1-4,7-10,12-13,18-19H,5-6,11H2/t12-,13-,18-,19+/m0/s1. The van der Waals surface area contributed by atoms with Gasteiger partial charge >= 0.3 is 0 Å². The molecule has 0 spiro atoms. The van der Waals surface area contributed by atoms with Crippen molar-refractivity contribution in [1.82, 2.24) is 0 Å². The molecule has 3 fully saturated rings. The largest absolute Gasteiger partial charge is 0.456 e. The summed E-state index contributed by atoms with van der Waals surface area (Å²) in [5.74, 6) is 1.74. The van der Waals surface area contributed by atoms with Gasteiger partial charge in [0.25, 0.3) is 0 Å². The lowest BCUT2D eigenvalue weighted by Crippen LogP contribution is -2.32. The number of hydrogen-bond donors (Lipinski definition) is 0. The highest BCUT2D eigenvalue weighted by molar-refractivity contribution is 6.32. The Morgan fingerprint density at radius 1 is 0.885 bits per heavy atom. The van der Waals surface area contributed by atoms with Crippen molar-refractivity contribution < 1.29 is 14.3 Å². The summed E-state index contributed by atoms with van der Waals surface area (Å²) in [5, 5.41) is 0.532. The molecule has 0 unspecified atom stereocenters. The Morgan fingerprint density at radius 2 is 1.50 bits per heavy atom. The third kappa shape index (κ3) is 2.28. The van der Waals surface area contributed by atoms with E-state index < -0.39 is 0 Å². The number of ether oxygens (including phenoxy) is 1. The average molecular weight is 368 g/mol. The van der Waals surface area contributed by atoms with Crippen molar-refractivity contribution >= 4 is 29.1 Å². The molecular formula is C21H18ClNO3.